The van der Waals surface area contributed by atoms with Gasteiger partial charge in [0.1, 0.15) is 11.9 Å². The third kappa shape index (κ3) is 5.42. The fourth-order valence-corrected chi connectivity index (χ4v) is 5.31. The highest BCUT2D eigenvalue weighted by molar-refractivity contribution is 5.84. The molecule has 9 nitrogen and oxygen atoms in total. The maximum absolute atomic E-state index is 15.0. The van der Waals surface area contributed by atoms with Crippen molar-refractivity contribution in [3.8, 4) is 11.3 Å². The maximum Gasteiger partial charge on any atom is 0.223 e. The maximum atomic E-state index is 15.0. The van der Waals surface area contributed by atoms with E-state index in [-0.39, 0.29) is 48.7 Å². The van der Waals surface area contributed by atoms with Crippen LogP contribution in [0.4, 0.5) is 14.7 Å². The average Bonchev–Trinajstić information content (AvgIpc) is 2.88. The van der Waals surface area contributed by atoms with E-state index in [1.165, 1.54) is 0 Å². The summed E-state index contributed by atoms with van der Waals surface area (Å²) in [4.78, 5) is 23.5. The fraction of sp³-hybridized carbons (Fsp3) is 0.519. The second-order valence-corrected chi connectivity index (χ2v) is 10.4. The van der Waals surface area contributed by atoms with Crippen LogP contribution >= 0.6 is 0 Å². The number of rotatable bonds is 6. The van der Waals surface area contributed by atoms with Crippen molar-refractivity contribution in [2.75, 3.05) is 31.6 Å². The van der Waals surface area contributed by atoms with Crippen molar-refractivity contribution in [1.82, 2.24) is 19.4 Å². The first kappa shape index (κ1) is 26.6. The number of likely N-dealkylation sites (tertiary alicyclic amines) is 1. The van der Waals surface area contributed by atoms with Crippen LogP contribution in [0.1, 0.15) is 38.4 Å². The molecule has 38 heavy (non-hydrogen) atoms. The number of anilines is 1. The van der Waals surface area contributed by atoms with E-state index in [1.807, 2.05) is 23.3 Å². The summed E-state index contributed by atoms with van der Waals surface area (Å²) in [6, 6.07) is 6.33. The van der Waals surface area contributed by atoms with Gasteiger partial charge in [-0.1, -0.05) is 6.07 Å². The monoisotopic (exact) mass is 529 g/mol. The number of benzene rings is 1. The highest BCUT2D eigenvalue weighted by Crippen LogP contribution is 2.28. The molecular formula is C27H33F2N5O4. The number of halogens is 2. The molecular weight excluding hydrogens is 496 g/mol. The summed E-state index contributed by atoms with van der Waals surface area (Å²) in [5, 5.41) is 23.8. The molecule has 2 aliphatic rings. The van der Waals surface area contributed by atoms with Gasteiger partial charge in [0.2, 0.25) is 5.95 Å². The lowest BCUT2D eigenvalue weighted by Gasteiger charge is -2.33. The summed E-state index contributed by atoms with van der Waals surface area (Å²) in [5.74, 6) is -0.419. The molecule has 2 aliphatic heterocycles. The zero-order valence-corrected chi connectivity index (χ0v) is 21.5. The molecule has 2 fully saturated rings. The van der Waals surface area contributed by atoms with E-state index >= 15 is 0 Å². The molecule has 0 unspecified atom stereocenters. The molecule has 4 heterocycles. The standard InChI is InChI=1S/C27H33F2N5O4/c1-15(2)34-17(12-33-7-5-19(28)24(36)13-33)10-23(35)18-4-3-16(9-22(18)34)26-20(29)11-30-27(32-26)31-21-6-8-38-14-25(21)37/h3-4,9-11,15,19,21,24-25,36-37H,5-8,12-14H2,1-2H3,(H,30,31,32)/t19-,21+,24-,25+/m0/s1. The molecule has 204 valence electrons. The molecule has 0 aliphatic carbocycles. The lowest BCUT2D eigenvalue weighted by molar-refractivity contribution is -0.0136. The van der Waals surface area contributed by atoms with E-state index in [0.29, 0.717) is 42.6 Å². The molecule has 0 amide bonds. The summed E-state index contributed by atoms with van der Waals surface area (Å²) in [7, 11) is 0. The van der Waals surface area contributed by atoms with Crippen molar-refractivity contribution >= 4 is 16.9 Å². The number of aliphatic hydroxyl groups is 2. The molecule has 0 saturated carbocycles. The number of ether oxygens (including phenoxy) is 1. The molecule has 0 radical (unpaired) electrons. The van der Waals surface area contributed by atoms with E-state index in [9.17, 15) is 23.8 Å². The first-order chi connectivity index (χ1) is 18.2. The molecule has 5 rings (SSSR count). The molecule has 0 bridgehead atoms. The minimum atomic E-state index is -1.24. The van der Waals surface area contributed by atoms with Crippen LogP contribution in [0.5, 0.6) is 0 Å². The van der Waals surface area contributed by atoms with Crippen molar-refractivity contribution in [1.29, 1.82) is 0 Å². The van der Waals surface area contributed by atoms with Crippen molar-refractivity contribution in [3.63, 3.8) is 0 Å². The zero-order chi connectivity index (χ0) is 27.0. The number of piperidine rings is 1. The van der Waals surface area contributed by atoms with E-state index in [4.69, 9.17) is 4.74 Å². The topological polar surface area (TPSA) is 113 Å². The predicted octanol–water partition coefficient (Wildman–Crippen LogP) is 2.64. The number of β-amino-alcohol motifs (C(OH)–C–C–N with tert-alkyl or cyclic N) is 1. The number of nitrogens with zero attached hydrogens (tertiary/aromatic N) is 4. The molecule has 4 atom stereocenters. The molecule has 1 aromatic carbocycles. The van der Waals surface area contributed by atoms with Gasteiger partial charge in [-0.15, -0.1) is 0 Å². The lowest BCUT2D eigenvalue weighted by Crippen LogP contribution is -2.44. The van der Waals surface area contributed by atoms with Gasteiger partial charge in [0.15, 0.2) is 11.2 Å². The molecule has 11 heteroatoms. The normalized spacial score (nSPS) is 24.7. The van der Waals surface area contributed by atoms with Crippen LogP contribution in [0.15, 0.2) is 35.3 Å². The van der Waals surface area contributed by atoms with Gasteiger partial charge in [-0.25, -0.2) is 18.7 Å². The molecule has 0 spiro atoms. The van der Waals surface area contributed by atoms with Crippen LogP contribution in [-0.4, -0.2) is 80.4 Å². The van der Waals surface area contributed by atoms with E-state index in [2.05, 4.69) is 15.3 Å². The van der Waals surface area contributed by atoms with Gasteiger partial charge < -0.3 is 24.8 Å². The van der Waals surface area contributed by atoms with Gasteiger partial charge >= 0.3 is 0 Å². The van der Waals surface area contributed by atoms with Crippen molar-refractivity contribution in [2.24, 2.45) is 0 Å². The quantitative estimate of drug-likeness (QED) is 0.447. The highest BCUT2D eigenvalue weighted by atomic mass is 19.1. The Balaban J connectivity index is 1.52. The van der Waals surface area contributed by atoms with Gasteiger partial charge in [-0.3, -0.25) is 9.69 Å². The largest absolute Gasteiger partial charge is 0.389 e. The Bertz CT molecular complexity index is 1370. The van der Waals surface area contributed by atoms with E-state index in [1.54, 1.807) is 24.3 Å². The van der Waals surface area contributed by atoms with Gasteiger partial charge in [0, 0.05) is 55.0 Å². The Morgan fingerprint density at radius 1 is 1.21 bits per heavy atom. The van der Waals surface area contributed by atoms with Gasteiger partial charge in [0.05, 0.1) is 36.6 Å². The van der Waals surface area contributed by atoms with Crippen LogP contribution in [0.2, 0.25) is 0 Å². The first-order valence-corrected chi connectivity index (χ1v) is 13.0. The van der Waals surface area contributed by atoms with Gasteiger partial charge in [0.25, 0.3) is 0 Å². The molecule has 3 N–H and O–H groups in total. The van der Waals surface area contributed by atoms with Crippen molar-refractivity contribution in [3.05, 3.63) is 52.2 Å². The lowest BCUT2D eigenvalue weighted by atomic mass is 10.0. The fourth-order valence-electron chi connectivity index (χ4n) is 5.31. The number of hydrogen-bond acceptors (Lipinski definition) is 8. The highest BCUT2D eigenvalue weighted by Gasteiger charge is 2.28. The summed E-state index contributed by atoms with van der Waals surface area (Å²) >= 11 is 0. The van der Waals surface area contributed by atoms with Crippen LogP contribution < -0.4 is 10.7 Å². The second-order valence-electron chi connectivity index (χ2n) is 10.4. The third-order valence-corrected chi connectivity index (χ3v) is 7.27. The summed E-state index contributed by atoms with van der Waals surface area (Å²) in [5.41, 5.74) is 1.75. The minimum Gasteiger partial charge on any atom is -0.389 e. The molecule has 2 saturated heterocycles. The smallest absolute Gasteiger partial charge is 0.223 e. The number of alkyl halides is 1. The Labute approximate surface area is 219 Å². The van der Waals surface area contributed by atoms with Gasteiger partial charge in [-0.05, 0) is 38.8 Å². The number of aromatic nitrogens is 3. The summed E-state index contributed by atoms with van der Waals surface area (Å²) < 4.78 is 36.0. The predicted molar refractivity (Wildman–Crippen MR) is 139 cm³/mol. The number of nitrogens with one attached hydrogen (secondary N) is 1. The van der Waals surface area contributed by atoms with Crippen LogP contribution in [-0.2, 0) is 11.3 Å². The Morgan fingerprint density at radius 2 is 2.03 bits per heavy atom. The number of hydrogen-bond donors (Lipinski definition) is 3. The Kier molecular flexibility index (Phi) is 7.71. The summed E-state index contributed by atoms with van der Waals surface area (Å²) in [6.07, 6.45) is -1.13. The third-order valence-electron chi connectivity index (χ3n) is 7.27. The van der Waals surface area contributed by atoms with E-state index < -0.39 is 24.2 Å². The summed E-state index contributed by atoms with van der Waals surface area (Å²) in [6.45, 7) is 5.73. The van der Waals surface area contributed by atoms with Crippen molar-refractivity contribution < 1.29 is 23.7 Å². The Morgan fingerprint density at radius 3 is 2.76 bits per heavy atom. The average molecular weight is 530 g/mol. The SMILES string of the molecule is CC(C)n1c(CN2CC[C@H](F)[C@@H](O)C2)cc(=O)c2ccc(-c3nc(N[C@@H]4CCOC[C@H]4O)ncc3F)cc21. The zero-order valence-electron chi connectivity index (χ0n) is 21.5. The van der Waals surface area contributed by atoms with Crippen LogP contribution in [0, 0.1) is 5.82 Å². The number of aliphatic hydroxyl groups excluding tert-OH is 2. The van der Waals surface area contributed by atoms with Crippen molar-refractivity contribution in [2.45, 2.75) is 63.7 Å². The number of pyridine rings is 1. The van der Waals surface area contributed by atoms with Crippen LogP contribution in [0.3, 0.4) is 0 Å². The number of fused-ring (bicyclic) bond motifs is 1. The van der Waals surface area contributed by atoms with E-state index in [0.717, 1.165) is 11.9 Å². The van der Waals surface area contributed by atoms with Crippen LogP contribution in [0.25, 0.3) is 22.2 Å². The molecule has 2 aromatic heterocycles. The first-order valence-electron chi connectivity index (χ1n) is 13.0. The van der Waals surface area contributed by atoms with Gasteiger partial charge in [-0.2, -0.15) is 0 Å². The Hall–Kier alpha value is -2.99. The molecule has 3 aromatic rings. The minimum absolute atomic E-state index is 0.0329. The second kappa shape index (κ2) is 11.0.